The highest BCUT2D eigenvalue weighted by Gasteiger charge is 2.30. The van der Waals surface area contributed by atoms with Crippen LogP contribution in [0.5, 0.6) is 0 Å². The SMILES string of the molecule is CCCC(=O)ON1CCCC(CCc2ccncc2)C1=O. The molecule has 0 aliphatic carbocycles. The molecule has 1 amide bonds. The van der Waals surface area contributed by atoms with Gasteiger partial charge in [-0.05, 0) is 49.8 Å². The van der Waals surface area contributed by atoms with Gasteiger partial charge in [0.05, 0.1) is 6.54 Å². The van der Waals surface area contributed by atoms with Crippen molar-refractivity contribution >= 4 is 11.9 Å². The standard InChI is InChI=1S/C16H22N2O3/c1-2-4-15(19)21-18-12-3-5-14(16(18)20)7-6-13-8-10-17-11-9-13/h8-11,14H,2-7,12H2,1H3. The number of nitrogens with zero attached hydrogens (tertiary/aromatic N) is 2. The molecule has 1 aliphatic rings. The maximum absolute atomic E-state index is 12.3. The van der Waals surface area contributed by atoms with E-state index in [9.17, 15) is 9.59 Å². The number of pyridine rings is 1. The number of carbonyl (C=O) groups excluding carboxylic acids is 2. The van der Waals surface area contributed by atoms with E-state index in [1.54, 1.807) is 12.4 Å². The van der Waals surface area contributed by atoms with Gasteiger partial charge in [0.2, 0.25) is 0 Å². The molecule has 0 N–H and O–H groups in total. The summed E-state index contributed by atoms with van der Waals surface area (Å²) in [5.41, 5.74) is 1.18. The normalized spacial score (nSPS) is 18.6. The van der Waals surface area contributed by atoms with Crippen LogP contribution in [0.25, 0.3) is 0 Å². The van der Waals surface area contributed by atoms with Crippen LogP contribution < -0.4 is 0 Å². The van der Waals surface area contributed by atoms with Crippen LogP contribution in [0.4, 0.5) is 0 Å². The maximum atomic E-state index is 12.3. The summed E-state index contributed by atoms with van der Waals surface area (Å²) in [4.78, 5) is 33.0. The summed E-state index contributed by atoms with van der Waals surface area (Å²) in [7, 11) is 0. The van der Waals surface area contributed by atoms with E-state index >= 15 is 0 Å². The zero-order valence-electron chi connectivity index (χ0n) is 12.5. The summed E-state index contributed by atoms with van der Waals surface area (Å²) in [6.45, 7) is 2.43. The first kappa shape index (κ1) is 15.5. The number of hydrogen-bond acceptors (Lipinski definition) is 4. The van der Waals surface area contributed by atoms with Crippen molar-refractivity contribution in [1.29, 1.82) is 0 Å². The Kier molecular flexibility index (Phi) is 5.72. The first-order valence-electron chi connectivity index (χ1n) is 7.61. The van der Waals surface area contributed by atoms with Crippen molar-refractivity contribution in [2.75, 3.05) is 6.54 Å². The zero-order valence-corrected chi connectivity index (χ0v) is 12.5. The van der Waals surface area contributed by atoms with Gasteiger partial charge < -0.3 is 4.84 Å². The van der Waals surface area contributed by atoms with Gasteiger partial charge in [-0.1, -0.05) is 6.92 Å². The highest BCUT2D eigenvalue weighted by Crippen LogP contribution is 2.23. The van der Waals surface area contributed by atoms with E-state index in [-0.39, 0.29) is 17.8 Å². The molecular formula is C16H22N2O3. The Labute approximate surface area is 125 Å². The fraction of sp³-hybridized carbons (Fsp3) is 0.562. The topological polar surface area (TPSA) is 59.5 Å². The van der Waals surface area contributed by atoms with Crippen LogP contribution in [0.2, 0.25) is 0 Å². The van der Waals surface area contributed by atoms with E-state index in [1.807, 2.05) is 19.1 Å². The van der Waals surface area contributed by atoms with Gasteiger partial charge in [0.15, 0.2) is 0 Å². The van der Waals surface area contributed by atoms with E-state index in [1.165, 1.54) is 10.6 Å². The number of piperidine rings is 1. The molecule has 0 aromatic carbocycles. The number of amides is 1. The van der Waals surface area contributed by atoms with Gasteiger partial charge in [0.1, 0.15) is 0 Å². The van der Waals surface area contributed by atoms with Crippen LogP contribution in [0.3, 0.4) is 0 Å². The summed E-state index contributed by atoms with van der Waals surface area (Å²) in [6.07, 6.45) is 7.98. The molecule has 5 nitrogen and oxygen atoms in total. The predicted octanol–water partition coefficient (Wildman–Crippen LogP) is 2.51. The van der Waals surface area contributed by atoms with Crippen LogP contribution in [0.1, 0.15) is 44.6 Å². The van der Waals surface area contributed by atoms with Crippen LogP contribution in [0.15, 0.2) is 24.5 Å². The van der Waals surface area contributed by atoms with Crippen molar-refractivity contribution in [3.63, 3.8) is 0 Å². The van der Waals surface area contributed by atoms with Gasteiger partial charge >= 0.3 is 5.97 Å². The van der Waals surface area contributed by atoms with Crippen LogP contribution in [-0.2, 0) is 20.8 Å². The van der Waals surface area contributed by atoms with Gasteiger partial charge in [-0.2, -0.15) is 5.06 Å². The predicted molar refractivity (Wildman–Crippen MR) is 78.0 cm³/mol. The van der Waals surface area contributed by atoms with Crippen LogP contribution >= 0.6 is 0 Å². The molecule has 2 rings (SSSR count). The average Bonchev–Trinajstić information content (AvgIpc) is 2.49. The van der Waals surface area contributed by atoms with Crippen molar-refractivity contribution < 1.29 is 14.4 Å². The summed E-state index contributed by atoms with van der Waals surface area (Å²) in [6, 6.07) is 3.93. The second-order valence-electron chi connectivity index (χ2n) is 5.39. The molecule has 1 aliphatic heterocycles. The number of hydrogen-bond donors (Lipinski definition) is 0. The Balaban J connectivity index is 1.86. The van der Waals surface area contributed by atoms with E-state index in [0.717, 1.165) is 32.1 Å². The number of rotatable bonds is 6. The molecular weight excluding hydrogens is 268 g/mol. The molecule has 5 heteroatoms. The lowest BCUT2D eigenvalue weighted by atomic mass is 9.92. The lowest BCUT2D eigenvalue weighted by Gasteiger charge is -2.30. The van der Waals surface area contributed by atoms with Gasteiger partial charge in [0.25, 0.3) is 5.91 Å². The Morgan fingerprint density at radius 1 is 1.43 bits per heavy atom. The molecule has 2 heterocycles. The molecule has 21 heavy (non-hydrogen) atoms. The Morgan fingerprint density at radius 2 is 2.19 bits per heavy atom. The second kappa shape index (κ2) is 7.76. The minimum Gasteiger partial charge on any atom is -0.338 e. The van der Waals surface area contributed by atoms with E-state index in [2.05, 4.69) is 4.98 Å². The molecule has 1 aromatic heterocycles. The molecule has 0 saturated carbocycles. The summed E-state index contributed by atoms with van der Waals surface area (Å²) >= 11 is 0. The number of hydroxylamine groups is 2. The van der Waals surface area contributed by atoms with Gasteiger partial charge in [-0.15, -0.1) is 0 Å². The lowest BCUT2D eigenvalue weighted by molar-refractivity contribution is -0.205. The number of carbonyl (C=O) groups is 2. The van der Waals surface area contributed by atoms with Crippen molar-refractivity contribution in [1.82, 2.24) is 10.0 Å². The van der Waals surface area contributed by atoms with E-state index in [0.29, 0.717) is 13.0 Å². The Bertz CT molecular complexity index is 476. The van der Waals surface area contributed by atoms with E-state index < -0.39 is 0 Å². The molecule has 1 atom stereocenters. The maximum Gasteiger partial charge on any atom is 0.332 e. The molecule has 1 unspecified atom stereocenters. The summed E-state index contributed by atoms with van der Waals surface area (Å²) in [5.74, 6) is -0.429. The third kappa shape index (κ3) is 4.55. The van der Waals surface area contributed by atoms with Gasteiger partial charge in [-0.3, -0.25) is 9.78 Å². The van der Waals surface area contributed by atoms with Crippen molar-refractivity contribution in [2.24, 2.45) is 5.92 Å². The van der Waals surface area contributed by atoms with Crippen molar-refractivity contribution in [3.05, 3.63) is 30.1 Å². The Morgan fingerprint density at radius 3 is 2.90 bits per heavy atom. The Hall–Kier alpha value is -1.91. The third-order valence-corrected chi connectivity index (χ3v) is 3.71. The smallest absolute Gasteiger partial charge is 0.332 e. The summed E-state index contributed by atoms with van der Waals surface area (Å²) < 4.78 is 0. The first-order chi connectivity index (χ1) is 10.2. The molecule has 0 radical (unpaired) electrons. The zero-order chi connectivity index (χ0) is 15.1. The minimum absolute atomic E-state index is 0.0543. The average molecular weight is 290 g/mol. The molecule has 1 aromatic rings. The lowest BCUT2D eigenvalue weighted by Crippen LogP contribution is -2.42. The van der Waals surface area contributed by atoms with Crippen molar-refractivity contribution in [2.45, 2.75) is 45.4 Å². The monoisotopic (exact) mass is 290 g/mol. The van der Waals surface area contributed by atoms with E-state index in [4.69, 9.17) is 4.84 Å². The molecule has 0 bridgehead atoms. The fourth-order valence-electron chi connectivity index (χ4n) is 2.54. The molecule has 1 fully saturated rings. The second-order valence-corrected chi connectivity index (χ2v) is 5.39. The van der Waals surface area contributed by atoms with Crippen molar-refractivity contribution in [3.8, 4) is 0 Å². The highest BCUT2D eigenvalue weighted by molar-refractivity contribution is 5.80. The number of aryl methyl sites for hydroxylation is 1. The molecule has 0 spiro atoms. The minimum atomic E-state index is -0.319. The third-order valence-electron chi connectivity index (χ3n) is 3.71. The molecule has 114 valence electrons. The number of aromatic nitrogens is 1. The van der Waals surface area contributed by atoms with Gasteiger partial charge in [-0.25, -0.2) is 4.79 Å². The quantitative estimate of drug-likeness (QED) is 0.807. The largest absolute Gasteiger partial charge is 0.338 e. The highest BCUT2D eigenvalue weighted by atomic mass is 16.7. The van der Waals surface area contributed by atoms with Crippen LogP contribution in [0, 0.1) is 5.92 Å². The fourth-order valence-corrected chi connectivity index (χ4v) is 2.54. The first-order valence-corrected chi connectivity index (χ1v) is 7.61. The molecule has 1 saturated heterocycles. The van der Waals surface area contributed by atoms with Gasteiger partial charge in [0, 0.05) is 24.7 Å². The summed E-state index contributed by atoms with van der Waals surface area (Å²) in [5, 5.41) is 1.26. The van der Waals surface area contributed by atoms with Crippen LogP contribution in [-0.4, -0.2) is 28.5 Å².